The van der Waals surface area contributed by atoms with Crippen LogP contribution in [0, 0.1) is 0 Å². The van der Waals surface area contributed by atoms with Crippen LogP contribution in [0.5, 0.6) is 0 Å². The molecule has 0 amide bonds. The molecule has 94 valence electrons. The van der Waals surface area contributed by atoms with Gasteiger partial charge in [0.1, 0.15) is 5.69 Å². The van der Waals surface area contributed by atoms with Crippen molar-refractivity contribution in [1.29, 1.82) is 0 Å². The highest BCUT2D eigenvalue weighted by Gasteiger charge is 2.43. The van der Waals surface area contributed by atoms with Crippen molar-refractivity contribution in [2.24, 2.45) is 0 Å². The predicted molar refractivity (Wildman–Crippen MR) is 56.8 cm³/mol. The Hall–Kier alpha value is -1.01. The first kappa shape index (κ1) is 11.1. The summed E-state index contributed by atoms with van der Waals surface area (Å²) in [7, 11) is 0. The molecule has 1 aromatic rings. The van der Waals surface area contributed by atoms with E-state index in [9.17, 15) is 13.9 Å². The Balaban J connectivity index is 2.11. The van der Waals surface area contributed by atoms with Gasteiger partial charge < -0.3 is 10.4 Å². The lowest BCUT2D eigenvalue weighted by molar-refractivity contribution is -0.0505. The zero-order valence-electron chi connectivity index (χ0n) is 9.42. The fourth-order valence-corrected chi connectivity index (χ4v) is 2.69. The van der Waals surface area contributed by atoms with E-state index in [1.165, 1.54) is 4.68 Å². The number of rotatable bonds is 0. The van der Waals surface area contributed by atoms with E-state index in [0.717, 1.165) is 12.2 Å². The van der Waals surface area contributed by atoms with Gasteiger partial charge in [-0.25, -0.2) is 0 Å². The van der Waals surface area contributed by atoms with Gasteiger partial charge in [-0.05, 0) is 6.42 Å². The highest BCUT2D eigenvalue weighted by molar-refractivity contribution is 5.32. The summed E-state index contributed by atoms with van der Waals surface area (Å²) in [5.41, 5.74) is 1.43. The van der Waals surface area contributed by atoms with Gasteiger partial charge in [-0.3, -0.25) is 4.68 Å². The first-order valence-electron chi connectivity index (χ1n) is 5.93. The largest absolute Gasteiger partial charge is 0.393 e. The summed E-state index contributed by atoms with van der Waals surface area (Å²) in [5.74, 6) is -2.98. The van der Waals surface area contributed by atoms with E-state index in [4.69, 9.17) is 0 Å². The molecule has 1 unspecified atom stereocenters. The molecule has 1 atom stereocenters. The van der Waals surface area contributed by atoms with Crippen molar-refractivity contribution in [3.05, 3.63) is 17.0 Å². The van der Waals surface area contributed by atoms with Crippen molar-refractivity contribution < 1.29 is 13.9 Å². The molecule has 0 fully saturated rings. The Labute approximate surface area is 97.6 Å². The minimum atomic E-state index is -2.98. The summed E-state index contributed by atoms with van der Waals surface area (Å²) in [4.78, 5) is 0. The van der Waals surface area contributed by atoms with Gasteiger partial charge in [0.2, 0.25) is 0 Å². The Kier molecular flexibility index (Phi) is 2.45. The molecule has 2 N–H and O–H groups in total. The van der Waals surface area contributed by atoms with Crippen LogP contribution in [-0.2, 0) is 25.4 Å². The number of hydrogen-bond acceptors (Lipinski definition) is 3. The topological polar surface area (TPSA) is 50.1 Å². The third kappa shape index (κ3) is 1.75. The lowest BCUT2D eigenvalue weighted by atomic mass is 10.0. The smallest absolute Gasteiger partial charge is 0.292 e. The maximum Gasteiger partial charge on any atom is 0.292 e. The number of hydrogen-bond donors (Lipinski definition) is 2. The highest BCUT2D eigenvalue weighted by Crippen LogP contribution is 2.39. The van der Waals surface area contributed by atoms with E-state index in [-0.39, 0.29) is 5.69 Å². The maximum absolute atomic E-state index is 14.1. The van der Waals surface area contributed by atoms with Crippen LogP contribution in [0.25, 0.3) is 0 Å². The van der Waals surface area contributed by atoms with E-state index in [0.29, 0.717) is 31.5 Å². The molecule has 0 saturated heterocycles. The van der Waals surface area contributed by atoms with Crippen LogP contribution < -0.4 is 5.32 Å². The fraction of sp³-hybridized carbons (Fsp3) is 0.727. The van der Waals surface area contributed by atoms with Crippen LogP contribution in [-0.4, -0.2) is 27.5 Å². The van der Waals surface area contributed by atoms with Crippen LogP contribution in [0.1, 0.15) is 29.8 Å². The van der Waals surface area contributed by atoms with Crippen LogP contribution in [0.15, 0.2) is 0 Å². The summed E-state index contributed by atoms with van der Waals surface area (Å²) >= 11 is 0. The van der Waals surface area contributed by atoms with Crippen molar-refractivity contribution >= 4 is 0 Å². The van der Waals surface area contributed by atoms with Crippen LogP contribution in [0.3, 0.4) is 0 Å². The molecule has 1 aromatic heterocycles. The van der Waals surface area contributed by atoms with E-state index in [1.54, 1.807) is 0 Å². The van der Waals surface area contributed by atoms with E-state index >= 15 is 0 Å². The van der Waals surface area contributed by atoms with Crippen molar-refractivity contribution in [1.82, 2.24) is 15.1 Å². The molecule has 2 aliphatic rings. The van der Waals surface area contributed by atoms with E-state index < -0.39 is 18.4 Å². The molecule has 0 spiro atoms. The second-order valence-corrected chi connectivity index (χ2v) is 4.77. The average Bonchev–Trinajstić information content (AvgIpc) is 2.59. The van der Waals surface area contributed by atoms with Crippen molar-refractivity contribution in [2.45, 2.75) is 44.4 Å². The van der Waals surface area contributed by atoms with Gasteiger partial charge >= 0.3 is 0 Å². The number of aliphatic hydroxyl groups excluding tert-OH is 1. The van der Waals surface area contributed by atoms with Crippen molar-refractivity contribution in [3.63, 3.8) is 0 Å². The predicted octanol–water partition coefficient (Wildman–Crippen LogP) is 0.775. The molecular weight excluding hydrogens is 228 g/mol. The third-order valence-corrected chi connectivity index (χ3v) is 3.49. The van der Waals surface area contributed by atoms with Crippen molar-refractivity contribution in [2.75, 3.05) is 6.54 Å². The molecule has 4 nitrogen and oxygen atoms in total. The number of aromatic nitrogens is 2. The van der Waals surface area contributed by atoms with Crippen LogP contribution in [0.4, 0.5) is 8.78 Å². The zero-order valence-corrected chi connectivity index (χ0v) is 9.42. The lowest BCUT2D eigenvalue weighted by Gasteiger charge is -2.20. The number of nitrogens with zero attached hydrogens (tertiary/aromatic N) is 2. The second-order valence-electron chi connectivity index (χ2n) is 4.77. The maximum atomic E-state index is 14.1. The molecule has 3 heterocycles. The normalized spacial score (nSPS) is 27.1. The number of alkyl halides is 2. The van der Waals surface area contributed by atoms with Gasteiger partial charge in [0.25, 0.3) is 5.92 Å². The Morgan fingerprint density at radius 2 is 2.29 bits per heavy atom. The number of aliphatic hydroxyl groups is 1. The van der Waals surface area contributed by atoms with Gasteiger partial charge in [0.15, 0.2) is 0 Å². The second kappa shape index (κ2) is 3.74. The minimum absolute atomic E-state index is 0.0104. The Bertz CT molecular complexity index is 444. The molecule has 0 aromatic carbocycles. The average molecular weight is 243 g/mol. The zero-order chi connectivity index (χ0) is 12.0. The lowest BCUT2D eigenvalue weighted by Crippen LogP contribution is -2.27. The van der Waals surface area contributed by atoms with Crippen molar-refractivity contribution in [3.8, 4) is 0 Å². The van der Waals surface area contributed by atoms with E-state index in [2.05, 4.69) is 10.4 Å². The minimum Gasteiger partial charge on any atom is -0.393 e. The fourth-order valence-electron chi connectivity index (χ4n) is 2.69. The first-order chi connectivity index (χ1) is 8.08. The molecule has 0 aliphatic carbocycles. The summed E-state index contributed by atoms with van der Waals surface area (Å²) in [5, 5.41) is 16.8. The SMILES string of the molecule is OC1CCn2nc3c(c2C(F)(F)C1)CNCC3. The molecule has 17 heavy (non-hydrogen) atoms. The van der Waals surface area contributed by atoms with Gasteiger partial charge in [0, 0.05) is 38.0 Å². The van der Waals surface area contributed by atoms with Gasteiger partial charge in [0.05, 0.1) is 11.8 Å². The summed E-state index contributed by atoms with van der Waals surface area (Å²) in [6.45, 7) is 1.62. The number of fused-ring (bicyclic) bond motifs is 3. The van der Waals surface area contributed by atoms with Gasteiger partial charge in [-0.15, -0.1) is 0 Å². The summed E-state index contributed by atoms with van der Waals surface area (Å²) < 4.78 is 29.6. The number of aryl methyl sites for hydroxylation is 1. The molecular formula is C11H15F2N3O. The molecule has 0 bridgehead atoms. The number of halogens is 2. The highest BCUT2D eigenvalue weighted by atomic mass is 19.3. The van der Waals surface area contributed by atoms with E-state index in [1.807, 2.05) is 0 Å². The summed E-state index contributed by atoms with van der Waals surface area (Å²) in [6, 6.07) is 0. The standard InChI is InChI=1S/C11H15F2N3O/c12-11(13)5-7(17)2-4-16-10(11)8-6-14-3-1-9(8)15-16/h7,14,17H,1-6H2. The van der Waals surface area contributed by atoms with Gasteiger partial charge in [-0.2, -0.15) is 13.9 Å². The molecule has 2 aliphatic heterocycles. The quantitative estimate of drug-likeness (QED) is 0.708. The van der Waals surface area contributed by atoms with Crippen LogP contribution >= 0.6 is 0 Å². The monoisotopic (exact) mass is 243 g/mol. The number of nitrogens with one attached hydrogen (secondary N) is 1. The Morgan fingerprint density at radius 1 is 1.47 bits per heavy atom. The van der Waals surface area contributed by atoms with Crippen LogP contribution in [0.2, 0.25) is 0 Å². The molecule has 6 heteroatoms. The molecule has 3 rings (SSSR count). The first-order valence-corrected chi connectivity index (χ1v) is 5.93. The Morgan fingerprint density at radius 3 is 3.12 bits per heavy atom. The third-order valence-electron chi connectivity index (χ3n) is 3.49. The molecule has 0 saturated carbocycles. The summed E-state index contributed by atoms with van der Waals surface area (Å²) in [6.07, 6.45) is -0.394. The van der Waals surface area contributed by atoms with Gasteiger partial charge in [-0.1, -0.05) is 0 Å². The molecule has 0 radical (unpaired) electrons.